The van der Waals surface area contributed by atoms with Crippen molar-refractivity contribution in [2.75, 3.05) is 19.4 Å². The van der Waals surface area contributed by atoms with E-state index in [1.807, 2.05) is 0 Å². The molecule has 0 spiro atoms. The SMILES string of the molecule is COc1ccc(C)cc1CNCC1(C)CCCS1. The van der Waals surface area contributed by atoms with Crippen molar-refractivity contribution in [3.63, 3.8) is 0 Å². The summed E-state index contributed by atoms with van der Waals surface area (Å²) in [5.74, 6) is 2.30. The van der Waals surface area contributed by atoms with Gasteiger partial charge in [-0.2, -0.15) is 11.8 Å². The highest BCUT2D eigenvalue weighted by Crippen LogP contribution is 2.37. The van der Waals surface area contributed by atoms with Crippen LogP contribution in [0.15, 0.2) is 18.2 Å². The first-order valence-electron chi connectivity index (χ1n) is 6.61. The Balaban J connectivity index is 1.91. The van der Waals surface area contributed by atoms with Crippen LogP contribution in [0.3, 0.4) is 0 Å². The minimum atomic E-state index is 0.428. The van der Waals surface area contributed by atoms with Crippen LogP contribution in [-0.4, -0.2) is 24.2 Å². The largest absolute Gasteiger partial charge is 0.496 e. The molecule has 0 aliphatic carbocycles. The molecule has 2 rings (SSSR count). The summed E-state index contributed by atoms with van der Waals surface area (Å²) in [5, 5.41) is 3.59. The van der Waals surface area contributed by atoms with Gasteiger partial charge in [0.05, 0.1) is 7.11 Å². The summed E-state index contributed by atoms with van der Waals surface area (Å²) in [7, 11) is 1.74. The fraction of sp³-hybridized carbons (Fsp3) is 0.600. The first kappa shape index (κ1) is 13.8. The van der Waals surface area contributed by atoms with E-state index in [9.17, 15) is 0 Å². The highest BCUT2D eigenvalue weighted by atomic mass is 32.2. The molecule has 1 atom stereocenters. The van der Waals surface area contributed by atoms with E-state index in [-0.39, 0.29) is 0 Å². The lowest BCUT2D eigenvalue weighted by atomic mass is 10.1. The second-order valence-electron chi connectivity index (χ2n) is 5.32. The van der Waals surface area contributed by atoms with E-state index in [0.29, 0.717) is 4.75 Å². The Morgan fingerprint density at radius 3 is 2.94 bits per heavy atom. The van der Waals surface area contributed by atoms with E-state index in [1.54, 1.807) is 7.11 Å². The number of ether oxygens (including phenoxy) is 1. The van der Waals surface area contributed by atoms with E-state index in [0.717, 1.165) is 18.8 Å². The predicted octanol–water partition coefficient (Wildman–Crippen LogP) is 3.38. The topological polar surface area (TPSA) is 21.3 Å². The molecule has 1 N–H and O–H groups in total. The molecule has 1 aromatic rings. The minimum Gasteiger partial charge on any atom is -0.496 e. The maximum Gasteiger partial charge on any atom is 0.123 e. The summed E-state index contributed by atoms with van der Waals surface area (Å²) >= 11 is 2.10. The van der Waals surface area contributed by atoms with Gasteiger partial charge in [-0.05, 0) is 38.5 Å². The lowest BCUT2D eigenvalue weighted by Gasteiger charge is -2.23. The van der Waals surface area contributed by atoms with Crippen LogP contribution in [0.4, 0.5) is 0 Å². The van der Waals surface area contributed by atoms with E-state index < -0.39 is 0 Å². The zero-order valence-electron chi connectivity index (χ0n) is 11.6. The van der Waals surface area contributed by atoms with Gasteiger partial charge in [-0.15, -0.1) is 0 Å². The van der Waals surface area contributed by atoms with E-state index in [1.165, 1.54) is 29.7 Å². The number of rotatable bonds is 5. The van der Waals surface area contributed by atoms with Gasteiger partial charge in [0, 0.05) is 23.4 Å². The lowest BCUT2D eigenvalue weighted by molar-refractivity contribution is 0.406. The van der Waals surface area contributed by atoms with Crippen molar-refractivity contribution in [1.29, 1.82) is 0 Å². The van der Waals surface area contributed by atoms with Crippen LogP contribution in [0.5, 0.6) is 5.75 Å². The van der Waals surface area contributed by atoms with Crippen molar-refractivity contribution < 1.29 is 4.74 Å². The Hall–Kier alpha value is -0.670. The van der Waals surface area contributed by atoms with E-state index in [2.05, 4.69) is 49.1 Å². The molecule has 0 aromatic heterocycles. The molecule has 18 heavy (non-hydrogen) atoms. The Labute approximate surface area is 114 Å². The fourth-order valence-electron chi connectivity index (χ4n) is 2.48. The lowest BCUT2D eigenvalue weighted by Crippen LogP contribution is -2.32. The van der Waals surface area contributed by atoms with Crippen molar-refractivity contribution in [1.82, 2.24) is 5.32 Å². The summed E-state index contributed by atoms with van der Waals surface area (Å²) in [6, 6.07) is 6.35. The standard InChI is InChI=1S/C15H23NOS/c1-12-5-6-14(17-3)13(9-12)10-16-11-15(2)7-4-8-18-15/h5-6,9,16H,4,7-8,10-11H2,1-3H3. The molecule has 1 unspecified atom stereocenters. The van der Waals surface area contributed by atoms with Crippen LogP contribution in [-0.2, 0) is 6.54 Å². The molecule has 1 fully saturated rings. The van der Waals surface area contributed by atoms with Crippen molar-refractivity contribution in [2.24, 2.45) is 0 Å². The molecule has 0 bridgehead atoms. The molecule has 0 amide bonds. The van der Waals surface area contributed by atoms with Crippen LogP contribution in [0, 0.1) is 6.92 Å². The molecule has 1 saturated heterocycles. The van der Waals surface area contributed by atoms with Gasteiger partial charge in [0.25, 0.3) is 0 Å². The number of methoxy groups -OCH3 is 1. The molecule has 1 aliphatic heterocycles. The molecular formula is C15H23NOS. The van der Waals surface area contributed by atoms with Gasteiger partial charge in [0.2, 0.25) is 0 Å². The van der Waals surface area contributed by atoms with E-state index in [4.69, 9.17) is 4.74 Å². The first-order valence-corrected chi connectivity index (χ1v) is 7.60. The Morgan fingerprint density at radius 1 is 1.44 bits per heavy atom. The van der Waals surface area contributed by atoms with Gasteiger partial charge >= 0.3 is 0 Å². The molecule has 1 aliphatic rings. The number of benzene rings is 1. The molecular weight excluding hydrogens is 242 g/mol. The van der Waals surface area contributed by atoms with Crippen LogP contribution in [0.25, 0.3) is 0 Å². The Morgan fingerprint density at radius 2 is 2.28 bits per heavy atom. The monoisotopic (exact) mass is 265 g/mol. The number of thioether (sulfide) groups is 1. The average Bonchev–Trinajstić information content (AvgIpc) is 2.77. The quantitative estimate of drug-likeness (QED) is 0.882. The number of aryl methyl sites for hydroxylation is 1. The van der Waals surface area contributed by atoms with Crippen molar-refractivity contribution in [3.05, 3.63) is 29.3 Å². The molecule has 0 radical (unpaired) electrons. The zero-order chi connectivity index (χ0) is 13.0. The maximum absolute atomic E-state index is 5.40. The molecule has 1 aromatic carbocycles. The second-order valence-corrected chi connectivity index (χ2v) is 7.00. The third-order valence-corrected chi connectivity index (χ3v) is 5.09. The molecule has 3 heteroatoms. The summed E-state index contributed by atoms with van der Waals surface area (Å²) in [6.45, 7) is 6.46. The normalized spacial score (nSPS) is 23.3. The predicted molar refractivity (Wildman–Crippen MR) is 79.5 cm³/mol. The third kappa shape index (κ3) is 3.42. The summed E-state index contributed by atoms with van der Waals surface area (Å²) < 4.78 is 5.83. The van der Waals surface area contributed by atoms with Crippen LogP contribution in [0.2, 0.25) is 0 Å². The first-order chi connectivity index (χ1) is 8.63. The Kier molecular flexibility index (Phi) is 4.57. The maximum atomic E-state index is 5.40. The van der Waals surface area contributed by atoms with Crippen LogP contribution < -0.4 is 10.1 Å². The van der Waals surface area contributed by atoms with Crippen LogP contribution >= 0.6 is 11.8 Å². The van der Waals surface area contributed by atoms with Gasteiger partial charge in [-0.3, -0.25) is 0 Å². The highest BCUT2D eigenvalue weighted by Gasteiger charge is 2.28. The fourth-order valence-corrected chi connectivity index (χ4v) is 3.76. The number of hydrogen-bond donors (Lipinski definition) is 1. The summed E-state index contributed by atoms with van der Waals surface area (Å²) in [5.41, 5.74) is 2.54. The number of nitrogens with one attached hydrogen (secondary N) is 1. The summed E-state index contributed by atoms with van der Waals surface area (Å²) in [4.78, 5) is 0. The average molecular weight is 265 g/mol. The van der Waals surface area contributed by atoms with Crippen LogP contribution in [0.1, 0.15) is 30.9 Å². The number of hydrogen-bond acceptors (Lipinski definition) is 3. The van der Waals surface area contributed by atoms with Gasteiger partial charge in [0.1, 0.15) is 5.75 Å². The smallest absolute Gasteiger partial charge is 0.123 e. The van der Waals surface area contributed by atoms with Gasteiger partial charge in [-0.25, -0.2) is 0 Å². The molecule has 1 heterocycles. The van der Waals surface area contributed by atoms with Crippen molar-refractivity contribution in [3.8, 4) is 5.75 Å². The molecule has 0 saturated carbocycles. The highest BCUT2D eigenvalue weighted by molar-refractivity contribution is 8.00. The zero-order valence-corrected chi connectivity index (χ0v) is 12.4. The molecule has 100 valence electrons. The third-order valence-electron chi connectivity index (χ3n) is 3.55. The summed E-state index contributed by atoms with van der Waals surface area (Å²) in [6.07, 6.45) is 2.69. The van der Waals surface area contributed by atoms with Gasteiger partial charge in [-0.1, -0.05) is 17.7 Å². The Bertz CT molecular complexity index is 399. The minimum absolute atomic E-state index is 0.428. The van der Waals surface area contributed by atoms with Crippen molar-refractivity contribution in [2.45, 2.75) is 38.0 Å². The van der Waals surface area contributed by atoms with Gasteiger partial charge < -0.3 is 10.1 Å². The molecule has 2 nitrogen and oxygen atoms in total. The second kappa shape index (κ2) is 5.98. The van der Waals surface area contributed by atoms with E-state index >= 15 is 0 Å². The van der Waals surface area contributed by atoms with Gasteiger partial charge in [0.15, 0.2) is 0 Å². The van der Waals surface area contributed by atoms with Crippen molar-refractivity contribution >= 4 is 11.8 Å².